The van der Waals surface area contributed by atoms with Crippen molar-refractivity contribution in [2.75, 3.05) is 0 Å². The van der Waals surface area contributed by atoms with Gasteiger partial charge in [-0.3, -0.25) is 0 Å². The third kappa shape index (κ3) is 3.65. The van der Waals surface area contributed by atoms with Crippen molar-refractivity contribution in [3.63, 3.8) is 0 Å². The summed E-state index contributed by atoms with van der Waals surface area (Å²) >= 11 is 6.00. The van der Waals surface area contributed by atoms with Crippen LogP contribution in [0.4, 0.5) is 0 Å². The highest BCUT2D eigenvalue weighted by atomic mass is 35.5. The summed E-state index contributed by atoms with van der Waals surface area (Å²) in [6, 6.07) is 16.6. The molecular weight excluding hydrogens is 304 g/mol. The Hall–Kier alpha value is -2.06. The Labute approximate surface area is 142 Å². The lowest BCUT2D eigenvalue weighted by Crippen LogP contribution is -2.09. The van der Waals surface area contributed by atoms with Crippen LogP contribution in [-0.4, -0.2) is 9.55 Å². The normalized spacial score (nSPS) is 12.3. The number of benzene rings is 2. The van der Waals surface area contributed by atoms with Crippen LogP contribution in [0.5, 0.6) is 0 Å². The molecule has 3 rings (SSSR count). The summed E-state index contributed by atoms with van der Waals surface area (Å²) in [5.74, 6) is 0.222. The molecule has 0 fully saturated rings. The quantitative estimate of drug-likeness (QED) is 0.627. The maximum Gasteiger partial charge on any atom is 0.0951 e. The lowest BCUT2D eigenvalue weighted by atomic mass is 9.93. The number of hydrogen-bond acceptors (Lipinski definition) is 1. The number of aryl methyl sites for hydroxylation is 1. The van der Waals surface area contributed by atoms with Gasteiger partial charge in [-0.15, -0.1) is 0 Å². The van der Waals surface area contributed by atoms with Crippen LogP contribution in [0.1, 0.15) is 34.7 Å². The molecule has 0 aliphatic heterocycles. The van der Waals surface area contributed by atoms with E-state index < -0.39 is 0 Å². The van der Waals surface area contributed by atoms with Gasteiger partial charge >= 0.3 is 0 Å². The van der Waals surface area contributed by atoms with E-state index in [1.165, 1.54) is 22.4 Å². The van der Waals surface area contributed by atoms with E-state index in [1.54, 1.807) is 0 Å². The summed E-state index contributed by atoms with van der Waals surface area (Å²) in [5.41, 5.74) is 4.95. The number of aromatic nitrogens is 2. The van der Waals surface area contributed by atoms with Gasteiger partial charge in [0.25, 0.3) is 0 Å². The highest BCUT2D eigenvalue weighted by molar-refractivity contribution is 6.30. The highest BCUT2D eigenvalue weighted by Gasteiger charge is 2.16. The molecule has 0 saturated heterocycles. The fourth-order valence-corrected chi connectivity index (χ4v) is 2.95. The van der Waals surface area contributed by atoms with Crippen LogP contribution >= 0.6 is 11.6 Å². The molecule has 3 aromatic rings. The SMILES string of the molecule is [CH2]CC(c1ccc(Cl)cc1)c1cncn1Cc1ccc(C)cc1. The third-order valence-electron chi connectivity index (χ3n) is 4.14. The fraction of sp³-hybridized carbons (Fsp3) is 0.200. The maximum absolute atomic E-state index is 6.00. The van der Waals surface area contributed by atoms with Gasteiger partial charge in [-0.2, -0.15) is 0 Å². The molecule has 1 aromatic heterocycles. The standard InChI is InChI=1S/C20H20ClN2/c1-3-19(17-8-10-18(21)11-9-17)20-12-22-14-23(20)13-16-6-4-15(2)5-7-16/h4-12,14,19H,1,3,13H2,2H3. The van der Waals surface area contributed by atoms with Crippen molar-refractivity contribution in [1.82, 2.24) is 9.55 Å². The Morgan fingerprint density at radius 1 is 1.09 bits per heavy atom. The largest absolute Gasteiger partial charge is 0.330 e. The smallest absolute Gasteiger partial charge is 0.0951 e. The first-order valence-corrected chi connectivity index (χ1v) is 8.15. The molecule has 1 radical (unpaired) electrons. The van der Waals surface area contributed by atoms with Gasteiger partial charge in [-0.05, 0) is 36.6 Å². The Balaban J connectivity index is 1.89. The van der Waals surface area contributed by atoms with Crippen LogP contribution in [0, 0.1) is 13.8 Å². The average molecular weight is 324 g/mol. The third-order valence-corrected chi connectivity index (χ3v) is 4.39. The summed E-state index contributed by atoms with van der Waals surface area (Å²) in [7, 11) is 0. The first kappa shape index (κ1) is 15.8. The zero-order valence-corrected chi connectivity index (χ0v) is 14.0. The molecule has 23 heavy (non-hydrogen) atoms. The van der Waals surface area contributed by atoms with Crippen molar-refractivity contribution < 1.29 is 0 Å². The molecule has 2 nitrogen and oxygen atoms in total. The summed E-state index contributed by atoms with van der Waals surface area (Å²) < 4.78 is 2.20. The van der Waals surface area contributed by atoms with E-state index in [2.05, 4.69) is 59.8 Å². The molecule has 1 heterocycles. The van der Waals surface area contributed by atoms with E-state index >= 15 is 0 Å². The van der Waals surface area contributed by atoms with Gasteiger partial charge in [0.1, 0.15) is 0 Å². The fourth-order valence-electron chi connectivity index (χ4n) is 2.82. The van der Waals surface area contributed by atoms with Gasteiger partial charge < -0.3 is 4.57 Å². The predicted molar refractivity (Wildman–Crippen MR) is 95.8 cm³/mol. The Morgan fingerprint density at radius 3 is 2.43 bits per heavy atom. The summed E-state index contributed by atoms with van der Waals surface area (Å²) in [6.45, 7) is 7.05. The van der Waals surface area contributed by atoms with E-state index in [4.69, 9.17) is 11.6 Å². The molecule has 0 N–H and O–H groups in total. The number of rotatable bonds is 5. The van der Waals surface area contributed by atoms with Gasteiger partial charge in [0.15, 0.2) is 0 Å². The van der Waals surface area contributed by atoms with Crippen molar-refractivity contribution in [1.29, 1.82) is 0 Å². The van der Waals surface area contributed by atoms with Crippen molar-refractivity contribution in [2.45, 2.75) is 25.8 Å². The predicted octanol–water partition coefficient (Wildman–Crippen LogP) is 5.25. The monoisotopic (exact) mass is 323 g/mol. The molecular formula is C20H20ClN2. The number of halogens is 1. The average Bonchev–Trinajstić information content (AvgIpc) is 3.00. The molecule has 3 heteroatoms. The molecule has 1 atom stereocenters. The lowest BCUT2D eigenvalue weighted by Gasteiger charge is -2.18. The van der Waals surface area contributed by atoms with E-state index in [1.807, 2.05) is 24.7 Å². The van der Waals surface area contributed by atoms with E-state index in [0.717, 1.165) is 18.0 Å². The lowest BCUT2D eigenvalue weighted by molar-refractivity contribution is 0.683. The van der Waals surface area contributed by atoms with Crippen LogP contribution in [0.2, 0.25) is 5.02 Å². The van der Waals surface area contributed by atoms with E-state index in [0.29, 0.717) is 0 Å². The highest BCUT2D eigenvalue weighted by Crippen LogP contribution is 2.28. The van der Waals surface area contributed by atoms with Crippen LogP contribution in [0.3, 0.4) is 0 Å². The molecule has 0 aliphatic rings. The summed E-state index contributed by atoms with van der Waals surface area (Å²) in [6.07, 6.45) is 4.62. The summed E-state index contributed by atoms with van der Waals surface area (Å²) in [5, 5.41) is 0.754. The zero-order chi connectivity index (χ0) is 16.2. The van der Waals surface area contributed by atoms with E-state index in [9.17, 15) is 0 Å². The minimum absolute atomic E-state index is 0.222. The molecule has 0 spiro atoms. The molecule has 1 unspecified atom stereocenters. The first-order chi connectivity index (χ1) is 11.2. The van der Waals surface area contributed by atoms with Gasteiger partial charge in [0, 0.05) is 29.4 Å². The number of nitrogens with zero attached hydrogens (tertiary/aromatic N) is 2. The number of imidazole rings is 1. The molecule has 117 valence electrons. The van der Waals surface area contributed by atoms with Crippen LogP contribution in [-0.2, 0) is 6.54 Å². The van der Waals surface area contributed by atoms with Gasteiger partial charge in [-0.1, -0.05) is 60.5 Å². The minimum atomic E-state index is 0.222. The zero-order valence-electron chi connectivity index (χ0n) is 13.2. The second-order valence-electron chi connectivity index (χ2n) is 5.82. The van der Waals surface area contributed by atoms with Gasteiger partial charge in [0.2, 0.25) is 0 Å². The molecule has 2 aromatic carbocycles. The topological polar surface area (TPSA) is 17.8 Å². The number of hydrogen-bond donors (Lipinski definition) is 0. The minimum Gasteiger partial charge on any atom is -0.330 e. The van der Waals surface area contributed by atoms with Crippen LogP contribution < -0.4 is 0 Å². The molecule has 0 bridgehead atoms. The Morgan fingerprint density at radius 2 is 1.78 bits per heavy atom. The molecule has 0 aliphatic carbocycles. The first-order valence-electron chi connectivity index (χ1n) is 7.77. The molecule has 0 amide bonds. The molecule has 0 saturated carbocycles. The van der Waals surface area contributed by atoms with Gasteiger partial charge in [-0.25, -0.2) is 4.98 Å². The van der Waals surface area contributed by atoms with Crippen molar-refractivity contribution in [2.24, 2.45) is 0 Å². The summed E-state index contributed by atoms with van der Waals surface area (Å²) in [4.78, 5) is 4.36. The Bertz CT molecular complexity index is 757. The van der Waals surface area contributed by atoms with E-state index in [-0.39, 0.29) is 5.92 Å². The maximum atomic E-state index is 6.00. The van der Waals surface area contributed by atoms with Crippen LogP contribution in [0.25, 0.3) is 0 Å². The van der Waals surface area contributed by atoms with Crippen molar-refractivity contribution in [3.05, 3.63) is 95.4 Å². The second-order valence-corrected chi connectivity index (χ2v) is 6.26. The van der Waals surface area contributed by atoms with Gasteiger partial charge in [0.05, 0.1) is 6.33 Å². The Kier molecular flexibility index (Phi) is 4.82. The van der Waals surface area contributed by atoms with Crippen LogP contribution in [0.15, 0.2) is 61.1 Å². The second kappa shape index (κ2) is 7.01. The van der Waals surface area contributed by atoms with Crippen molar-refractivity contribution >= 4 is 11.6 Å². The van der Waals surface area contributed by atoms with Crippen molar-refractivity contribution in [3.8, 4) is 0 Å².